The minimum atomic E-state index is -3.68. The monoisotopic (exact) mass is 366 g/mol. The lowest BCUT2D eigenvalue weighted by atomic mass is 10.1. The highest BCUT2D eigenvalue weighted by atomic mass is 32.2. The molecular weight excluding hydrogens is 343 g/mol. The molecule has 0 fully saturated rings. The Labute approximate surface area is 147 Å². The zero-order valence-corrected chi connectivity index (χ0v) is 15.6. The summed E-state index contributed by atoms with van der Waals surface area (Å²) in [6.45, 7) is 6.42. The van der Waals surface area contributed by atoms with Gasteiger partial charge in [-0.05, 0) is 43.0 Å². The van der Waals surface area contributed by atoms with E-state index in [4.69, 9.17) is 4.42 Å². The summed E-state index contributed by atoms with van der Waals surface area (Å²) in [5, 5.41) is 0. The van der Waals surface area contributed by atoms with Gasteiger partial charge in [0.1, 0.15) is 11.6 Å². The largest absolute Gasteiger partial charge is 0.445 e. The third-order valence-electron chi connectivity index (χ3n) is 4.43. The molecule has 2 heterocycles. The number of benzene rings is 1. The second-order valence-corrected chi connectivity index (χ2v) is 8.81. The van der Waals surface area contributed by atoms with Crippen LogP contribution in [0.5, 0.6) is 0 Å². The van der Waals surface area contributed by atoms with Crippen molar-refractivity contribution in [3.05, 3.63) is 46.9 Å². The molecule has 0 radical (unpaired) electrons. The van der Waals surface area contributed by atoms with Crippen LogP contribution in [0.15, 0.2) is 27.5 Å². The second kappa shape index (κ2) is 6.88. The molecule has 1 aliphatic rings. The molecule has 0 unspecified atom stereocenters. The Morgan fingerprint density at radius 3 is 2.80 bits per heavy atom. The maximum atomic E-state index is 13.3. The van der Waals surface area contributed by atoms with Crippen molar-refractivity contribution in [1.29, 1.82) is 0 Å². The van der Waals surface area contributed by atoms with Crippen LogP contribution in [0.25, 0.3) is 0 Å². The third kappa shape index (κ3) is 3.77. The number of fused-ring (bicyclic) bond motifs is 1. The molecule has 0 saturated carbocycles. The van der Waals surface area contributed by atoms with Crippen molar-refractivity contribution < 1.29 is 17.2 Å². The predicted molar refractivity (Wildman–Crippen MR) is 92.1 cm³/mol. The highest BCUT2D eigenvalue weighted by molar-refractivity contribution is 7.89. The molecule has 0 saturated heterocycles. The van der Waals surface area contributed by atoms with Crippen molar-refractivity contribution in [3.8, 4) is 0 Å². The van der Waals surface area contributed by atoms with Gasteiger partial charge in [0.05, 0.1) is 17.1 Å². The van der Waals surface area contributed by atoms with Gasteiger partial charge >= 0.3 is 0 Å². The van der Waals surface area contributed by atoms with Crippen LogP contribution in [0.3, 0.4) is 0 Å². The number of rotatable bonds is 5. The Morgan fingerprint density at radius 1 is 1.36 bits per heavy atom. The maximum absolute atomic E-state index is 13.3. The summed E-state index contributed by atoms with van der Waals surface area (Å²) in [5.74, 6) is 1.57. The van der Waals surface area contributed by atoms with Crippen molar-refractivity contribution in [2.45, 2.75) is 51.5 Å². The molecule has 0 N–H and O–H groups in total. The normalized spacial score (nSPS) is 15.6. The first-order chi connectivity index (χ1) is 11.8. The van der Waals surface area contributed by atoms with Crippen LogP contribution in [0.1, 0.15) is 43.2 Å². The summed E-state index contributed by atoms with van der Waals surface area (Å²) in [4.78, 5) is 4.62. The van der Waals surface area contributed by atoms with Crippen LogP contribution in [0, 0.1) is 18.7 Å². The van der Waals surface area contributed by atoms with Gasteiger partial charge in [0.2, 0.25) is 10.0 Å². The van der Waals surface area contributed by atoms with Crippen LogP contribution in [-0.2, 0) is 29.4 Å². The van der Waals surface area contributed by atoms with E-state index in [0.29, 0.717) is 36.0 Å². The topological polar surface area (TPSA) is 63.4 Å². The molecule has 2 aromatic rings. The number of hydrogen-bond acceptors (Lipinski definition) is 4. The third-order valence-corrected chi connectivity index (χ3v) is 6.43. The highest BCUT2D eigenvalue weighted by Gasteiger charge is 2.32. The lowest BCUT2D eigenvalue weighted by molar-refractivity contribution is 0.354. The van der Waals surface area contributed by atoms with E-state index in [1.54, 1.807) is 6.92 Å². The molecule has 1 aromatic carbocycles. The first kappa shape index (κ1) is 18.1. The predicted octanol–water partition coefficient (Wildman–Crippen LogP) is 3.46. The van der Waals surface area contributed by atoms with Gasteiger partial charge in [-0.25, -0.2) is 17.8 Å². The van der Waals surface area contributed by atoms with Crippen molar-refractivity contribution in [1.82, 2.24) is 9.29 Å². The van der Waals surface area contributed by atoms with Crippen molar-refractivity contribution >= 4 is 10.0 Å². The fourth-order valence-electron chi connectivity index (χ4n) is 2.99. The summed E-state index contributed by atoms with van der Waals surface area (Å²) >= 11 is 0. The van der Waals surface area contributed by atoms with E-state index in [1.165, 1.54) is 22.5 Å². The summed E-state index contributed by atoms with van der Waals surface area (Å²) in [5.41, 5.74) is 1.09. The van der Waals surface area contributed by atoms with E-state index < -0.39 is 15.8 Å². The van der Waals surface area contributed by atoms with Gasteiger partial charge < -0.3 is 4.42 Å². The number of hydrogen-bond donors (Lipinski definition) is 0. The van der Waals surface area contributed by atoms with Crippen LogP contribution >= 0.6 is 0 Å². The van der Waals surface area contributed by atoms with Gasteiger partial charge in [0, 0.05) is 19.4 Å². The minimum Gasteiger partial charge on any atom is -0.445 e. The first-order valence-corrected chi connectivity index (χ1v) is 9.95. The van der Waals surface area contributed by atoms with Crippen molar-refractivity contribution in [3.63, 3.8) is 0 Å². The fourth-order valence-corrected chi connectivity index (χ4v) is 4.60. The summed E-state index contributed by atoms with van der Waals surface area (Å²) in [7, 11) is -3.68. The molecule has 0 spiro atoms. The van der Waals surface area contributed by atoms with E-state index in [0.717, 1.165) is 18.6 Å². The van der Waals surface area contributed by atoms with E-state index >= 15 is 0 Å². The van der Waals surface area contributed by atoms with Crippen molar-refractivity contribution in [2.75, 3.05) is 6.54 Å². The average molecular weight is 366 g/mol. The molecule has 0 amide bonds. The maximum Gasteiger partial charge on any atom is 0.243 e. The lowest BCUT2D eigenvalue weighted by Crippen LogP contribution is -2.36. The molecule has 7 heteroatoms. The molecule has 1 aliphatic heterocycles. The highest BCUT2D eigenvalue weighted by Crippen LogP contribution is 2.27. The Bertz CT molecular complexity index is 874. The Balaban J connectivity index is 1.82. The van der Waals surface area contributed by atoms with E-state index in [1.807, 2.05) is 0 Å². The molecule has 136 valence electrons. The van der Waals surface area contributed by atoms with E-state index in [2.05, 4.69) is 18.8 Å². The van der Waals surface area contributed by atoms with Crippen LogP contribution in [-0.4, -0.2) is 24.3 Å². The quantitative estimate of drug-likeness (QED) is 0.813. The van der Waals surface area contributed by atoms with Gasteiger partial charge in [-0.1, -0.05) is 13.8 Å². The van der Waals surface area contributed by atoms with E-state index in [9.17, 15) is 12.8 Å². The Kier molecular flexibility index (Phi) is 4.97. The smallest absolute Gasteiger partial charge is 0.243 e. The number of halogens is 1. The van der Waals surface area contributed by atoms with Crippen LogP contribution in [0.2, 0.25) is 0 Å². The molecule has 3 rings (SSSR count). The summed E-state index contributed by atoms with van der Waals surface area (Å²) in [6.07, 6.45) is 2.24. The zero-order valence-electron chi connectivity index (χ0n) is 14.8. The minimum absolute atomic E-state index is 0.140. The molecule has 1 aromatic heterocycles. The standard InChI is InChI=1S/C18H23FN2O3S/c1-12(2)4-7-18-20-15-11-21(9-8-16(15)24-18)25(22,23)17-6-5-14(19)10-13(17)3/h5-6,10,12H,4,7-9,11H2,1-3H3. The molecular formula is C18H23FN2O3S. The number of aryl methyl sites for hydroxylation is 2. The van der Waals surface area contributed by atoms with E-state index in [-0.39, 0.29) is 11.4 Å². The molecule has 25 heavy (non-hydrogen) atoms. The fraction of sp³-hybridized carbons (Fsp3) is 0.500. The number of nitrogens with zero attached hydrogens (tertiary/aromatic N) is 2. The van der Waals surface area contributed by atoms with Gasteiger partial charge in [0.25, 0.3) is 0 Å². The molecule has 0 bridgehead atoms. The van der Waals surface area contributed by atoms with Crippen molar-refractivity contribution in [2.24, 2.45) is 5.92 Å². The lowest BCUT2D eigenvalue weighted by Gasteiger charge is -2.25. The molecule has 0 aliphatic carbocycles. The number of sulfonamides is 1. The van der Waals surface area contributed by atoms with Gasteiger partial charge in [-0.15, -0.1) is 0 Å². The molecule has 5 nitrogen and oxygen atoms in total. The number of aromatic nitrogens is 1. The SMILES string of the molecule is Cc1cc(F)ccc1S(=O)(=O)N1CCc2oc(CCC(C)C)nc2C1. The van der Waals surface area contributed by atoms with Gasteiger partial charge in [-0.3, -0.25) is 0 Å². The second-order valence-electron chi connectivity index (χ2n) is 6.91. The Hall–Kier alpha value is -1.73. The first-order valence-electron chi connectivity index (χ1n) is 8.51. The zero-order chi connectivity index (χ0) is 18.2. The summed E-state index contributed by atoms with van der Waals surface area (Å²) < 4.78 is 46.2. The molecule has 0 atom stereocenters. The Morgan fingerprint density at radius 2 is 2.12 bits per heavy atom. The number of oxazole rings is 1. The van der Waals surface area contributed by atoms with Crippen LogP contribution in [0.4, 0.5) is 4.39 Å². The van der Waals surface area contributed by atoms with Gasteiger partial charge in [-0.2, -0.15) is 4.31 Å². The van der Waals surface area contributed by atoms with Gasteiger partial charge in [0.15, 0.2) is 5.89 Å². The average Bonchev–Trinajstić information content (AvgIpc) is 2.94. The van der Waals surface area contributed by atoms with Crippen LogP contribution < -0.4 is 0 Å². The summed E-state index contributed by atoms with van der Waals surface area (Å²) in [6, 6.07) is 3.74.